The third kappa shape index (κ3) is 8.30. The van der Waals surface area contributed by atoms with E-state index >= 15 is 0 Å². The normalized spacial score (nSPS) is 12.5. The van der Waals surface area contributed by atoms with Crippen molar-refractivity contribution in [1.82, 2.24) is 5.32 Å². The number of nitrogens with one attached hydrogen (secondary N) is 1. The highest BCUT2D eigenvalue weighted by molar-refractivity contribution is 7.80. The number of benzene rings is 3. The smallest absolute Gasteiger partial charge is 0.182 e. The molecule has 0 unspecified atom stereocenters. The standard InChI is InChI=1S/C35H45N4O4S/c1-24-9-12-28-31(21-24)43-32-23-26(40)11-14-29(32)33(28)30-22-25(10-13-27(30)35(41)42)34(44)36-15-16-38(5,6)19-20-39(7,8)18-17-37(2,3)4/h9-14,21-23H,15-20H2,1-8H3/q+1/p+1. The van der Waals surface area contributed by atoms with Crippen molar-refractivity contribution < 1.29 is 27.8 Å². The van der Waals surface area contributed by atoms with Crippen molar-refractivity contribution >= 4 is 34.1 Å². The van der Waals surface area contributed by atoms with E-state index in [1.54, 1.807) is 24.3 Å². The second kappa shape index (κ2) is 12.8. The van der Waals surface area contributed by atoms with E-state index < -0.39 is 5.97 Å². The Labute approximate surface area is 266 Å². The molecule has 0 spiro atoms. The van der Waals surface area contributed by atoms with Crippen molar-refractivity contribution in [1.29, 1.82) is 0 Å². The average molecular weight is 619 g/mol. The van der Waals surface area contributed by atoms with Crippen molar-refractivity contribution in [2.75, 3.05) is 88.6 Å². The zero-order valence-corrected chi connectivity index (χ0v) is 28.1. The molecule has 0 radical (unpaired) electrons. The molecule has 1 heterocycles. The van der Waals surface area contributed by atoms with Gasteiger partial charge in [0, 0.05) is 33.7 Å². The summed E-state index contributed by atoms with van der Waals surface area (Å²) in [6.07, 6.45) is 0. The first kappa shape index (κ1) is 33.3. The summed E-state index contributed by atoms with van der Waals surface area (Å²) in [6.45, 7) is 7.86. The van der Waals surface area contributed by atoms with Gasteiger partial charge in [0.2, 0.25) is 0 Å². The number of aryl methyl sites for hydroxylation is 1. The van der Waals surface area contributed by atoms with Crippen LogP contribution in [0.1, 0.15) is 21.5 Å². The number of carbonyl (C=O) groups excluding carboxylic acids is 1. The number of fused-ring (bicyclic) bond motifs is 2. The van der Waals surface area contributed by atoms with Gasteiger partial charge in [-0.25, -0.2) is 0 Å². The lowest BCUT2D eigenvalue weighted by Crippen LogP contribution is -2.55. The quantitative estimate of drug-likeness (QED) is 0.149. The fraction of sp³-hybridized carbons (Fsp3) is 0.400. The summed E-state index contributed by atoms with van der Waals surface area (Å²) < 4.78 is 8.88. The highest BCUT2D eigenvalue weighted by Gasteiger charge is 2.25. The largest absolute Gasteiger partial charge is 0.545 e. The van der Waals surface area contributed by atoms with Crippen LogP contribution in [0, 0.1) is 6.92 Å². The van der Waals surface area contributed by atoms with Crippen molar-refractivity contribution in [2.24, 2.45) is 0 Å². The van der Waals surface area contributed by atoms with E-state index in [9.17, 15) is 14.7 Å². The second-order valence-corrected chi connectivity index (χ2v) is 14.6. The molecule has 1 aliphatic heterocycles. The number of rotatable bonds is 12. The Hall–Kier alpha value is -3.63. The van der Waals surface area contributed by atoms with Crippen molar-refractivity contribution in [2.45, 2.75) is 6.92 Å². The number of hydrogen-bond donors (Lipinski definition) is 1. The van der Waals surface area contributed by atoms with E-state index in [0.717, 1.165) is 57.1 Å². The number of nitrogens with zero attached hydrogens (tertiary/aromatic N) is 3. The van der Waals surface area contributed by atoms with E-state index in [4.69, 9.17) is 16.6 Å². The molecule has 4 rings (SSSR count). The van der Waals surface area contributed by atoms with Gasteiger partial charge in [-0.15, -0.1) is 0 Å². The Morgan fingerprint density at radius 1 is 0.818 bits per heavy atom. The maximum absolute atomic E-state index is 12.3. The lowest BCUT2D eigenvalue weighted by molar-refractivity contribution is -0.963. The molecule has 0 amide bonds. The van der Waals surface area contributed by atoms with Gasteiger partial charge in [0.15, 0.2) is 5.43 Å². The van der Waals surface area contributed by atoms with Gasteiger partial charge < -0.3 is 33.1 Å². The van der Waals surface area contributed by atoms with Gasteiger partial charge in [-0.2, -0.15) is 0 Å². The monoisotopic (exact) mass is 618 g/mol. The number of hydrogen-bond acceptors (Lipinski definition) is 5. The van der Waals surface area contributed by atoms with E-state index in [-0.39, 0.29) is 11.0 Å². The van der Waals surface area contributed by atoms with Crippen LogP contribution in [-0.2, 0) is 0 Å². The molecule has 2 aromatic carbocycles. The van der Waals surface area contributed by atoms with Crippen LogP contribution in [0.4, 0.5) is 0 Å². The molecule has 0 bridgehead atoms. The fourth-order valence-electron chi connectivity index (χ4n) is 5.25. The van der Waals surface area contributed by atoms with Crippen molar-refractivity contribution in [3.05, 3.63) is 81.5 Å². The molecule has 0 fully saturated rings. The summed E-state index contributed by atoms with van der Waals surface area (Å²) in [5, 5.41) is 16.5. The Morgan fingerprint density at radius 2 is 1.48 bits per heavy atom. The number of likely N-dealkylation sites (N-methyl/N-ethyl adjacent to an activating group) is 3. The number of carbonyl (C=O) groups is 1. The molecular formula is C35H46N4O4S+2. The fourth-order valence-corrected chi connectivity index (χ4v) is 5.48. The average Bonchev–Trinajstić information content (AvgIpc) is 2.93. The molecule has 2 aromatic rings. The number of quaternary nitrogens is 3. The SMILES string of the molecule is Cc1ccc2c(-c3cc(C(=S)NCC[N+](C)(C)CC[N+](C)(C)CC[N+](C)(C)C)ccc3C(=O)[O-])c3ccc(=O)cc-3oc2c1. The Kier molecular flexibility index (Phi) is 9.66. The predicted molar refractivity (Wildman–Crippen MR) is 180 cm³/mol. The summed E-state index contributed by atoms with van der Waals surface area (Å²) in [4.78, 5) is 25.1. The first-order valence-corrected chi connectivity index (χ1v) is 15.4. The van der Waals surface area contributed by atoms with Crippen LogP contribution in [0.25, 0.3) is 33.4 Å². The van der Waals surface area contributed by atoms with Gasteiger partial charge >= 0.3 is 0 Å². The van der Waals surface area contributed by atoms with Crippen LogP contribution < -0.4 is 15.9 Å². The van der Waals surface area contributed by atoms with Gasteiger partial charge in [-0.1, -0.05) is 36.5 Å². The van der Waals surface area contributed by atoms with Crippen LogP contribution in [0.3, 0.4) is 0 Å². The molecule has 0 saturated carbocycles. The Balaban J connectivity index is 1.57. The van der Waals surface area contributed by atoms with Crippen LogP contribution in [0.15, 0.2) is 63.8 Å². The first-order valence-electron chi connectivity index (χ1n) is 15.0. The number of carboxylic acid groups (broad SMARTS) is 1. The number of aromatic carboxylic acids is 1. The summed E-state index contributed by atoms with van der Waals surface area (Å²) in [5.74, 6) is -0.901. The van der Waals surface area contributed by atoms with Crippen LogP contribution in [-0.4, -0.2) is 113 Å². The summed E-state index contributed by atoms with van der Waals surface area (Å²) in [6, 6.07) is 15.4. The summed E-state index contributed by atoms with van der Waals surface area (Å²) in [5.41, 5.74) is 3.87. The molecule has 44 heavy (non-hydrogen) atoms. The van der Waals surface area contributed by atoms with Gasteiger partial charge in [0.1, 0.15) is 42.5 Å². The molecular weight excluding hydrogens is 572 g/mol. The third-order valence-electron chi connectivity index (χ3n) is 8.31. The maximum Gasteiger partial charge on any atom is 0.182 e. The van der Waals surface area contributed by atoms with E-state index in [0.29, 0.717) is 45.1 Å². The predicted octanol–water partition coefficient (Wildman–Crippen LogP) is 3.36. The molecule has 1 aliphatic carbocycles. The minimum Gasteiger partial charge on any atom is -0.545 e. The topological polar surface area (TPSA) is 82.4 Å². The Morgan fingerprint density at radius 3 is 2.14 bits per heavy atom. The van der Waals surface area contributed by atoms with E-state index in [1.165, 1.54) is 12.1 Å². The van der Waals surface area contributed by atoms with Gasteiger partial charge in [-0.05, 0) is 42.3 Å². The maximum atomic E-state index is 12.3. The van der Waals surface area contributed by atoms with Crippen molar-refractivity contribution in [3.63, 3.8) is 0 Å². The number of thiocarbonyl (C=S) groups is 1. The summed E-state index contributed by atoms with van der Waals surface area (Å²) >= 11 is 5.80. The van der Waals surface area contributed by atoms with Crippen molar-refractivity contribution in [3.8, 4) is 22.5 Å². The minimum atomic E-state index is -1.29. The van der Waals surface area contributed by atoms with Gasteiger partial charge in [-0.3, -0.25) is 4.79 Å². The van der Waals surface area contributed by atoms with E-state index in [1.807, 2.05) is 25.1 Å². The zero-order valence-electron chi connectivity index (χ0n) is 27.3. The molecule has 1 N–H and O–H groups in total. The molecule has 2 aliphatic rings. The lowest BCUT2D eigenvalue weighted by atomic mass is 9.89. The van der Waals surface area contributed by atoms with Gasteiger partial charge in [0.05, 0.1) is 68.4 Å². The lowest BCUT2D eigenvalue weighted by Gasteiger charge is -2.37. The molecule has 8 nitrogen and oxygen atoms in total. The third-order valence-corrected chi connectivity index (χ3v) is 8.69. The van der Waals surface area contributed by atoms with Gasteiger partial charge in [0.25, 0.3) is 0 Å². The molecule has 234 valence electrons. The highest BCUT2D eigenvalue weighted by atomic mass is 32.1. The van der Waals surface area contributed by atoms with Crippen LogP contribution in [0.5, 0.6) is 0 Å². The van der Waals surface area contributed by atoms with Crippen LogP contribution >= 0.6 is 12.2 Å². The van der Waals surface area contributed by atoms with E-state index in [2.05, 4.69) is 54.7 Å². The van der Waals surface area contributed by atoms with Crippen LogP contribution in [0.2, 0.25) is 0 Å². The first-order chi connectivity index (χ1) is 20.4. The molecule has 9 heteroatoms. The molecule has 0 atom stereocenters. The molecule has 0 saturated heterocycles. The minimum absolute atomic E-state index is 0.0425. The summed E-state index contributed by atoms with van der Waals surface area (Å²) in [7, 11) is 15.8. The second-order valence-electron chi connectivity index (χ2n) is 14.2. The zero-order chi connectivity index (χ0) is 32.4. The highest BCUT2D eigenvalue weighted by Crippen LogP contribution is 2.41. The number of carboxylic acids is 1. The molecule has 0 aromatic heterocycles. The Bertz CT molecular complexity index is 1720.